The number of fused-ring (bicyclic) bond motifs is 1. The van der Waals surface area contributed by atoms with Gasteiger partial charge in [0.25, 0.3) is 0 Å². The lowest BCUT2D eigenvalue weighted by Gasteiger charge is -2.09. The van der Waals surface area contributed by atoms with Crippen molar-refractivity contribution >= 4 is 34.6 Å². The first-order chi connectivity index (χ1) is 14.6. The molecule has 0 amide bonds. The lowest BCUT2D eigenvalue weighted by atomic mass is 10.1. The van der Waals surface area contributed by atoms with Crippen molar-refractivity contribution in [2.24, 2.45) is 0 Å². The van der Waals surface area contributed by atoms with Crippen LogP contribution in [0, 0.1) is 6.92 Å². The third-order valence-corrected chi connectivity index (χ3v) is 7.02. The highest BCUT2D eigenvalue weighted by Gasteiger charge is 2.11. The Morgan fingerprint density at radius 1 is 1.07 bits per heavy atom. The van der Waals surface area contributed by atoms with Gasteiger partial charge in [-0.15, -0.1) is 11.8 Å². The van der Waals surface area contributed by atoms with E-state index in [1.54, 1.807) is 29.8 Å². The SMILES string of the molecule is Cc1c(SCc2ccco2)ccnc1CSc1nc2c(CCN(C)C)cccc2[nH]1. The van der Waals surface area contributed by atoms with Gasteiger partial charge in [0.2, 0.25) is 0 Å². The first kappa shape index (κ1) is 21.0. The van der Waals surface area contributed by atoms with Crippen LogP contribution in [0.1, 0.15) is 22.6 Å². The van der Waals surface area contributed by atoms with Crippen molar-refractivity contribution in [1.82, 2.24) is 19.9 Å². The smallest absolute Gasteiger partial charge is 0.166 e. The molecule has 0 spiro atoms. The number of hydrogen-bond acceptors (Lipinski definition) is 6. The number of thioether (sulfide) groups is 2. The first-order valence-electron chi connectivity index (χ1n) is 9.95. The monoisotopic (exact) mass is 438 g/mol. The van der Waals surface area contributed by atoms with Gasteiger partial charge in [-0.2, -0.15) is 0 Å². The van der Waals surface area contributed by atoms with E-state index in [1.165, 1.54) is 16.0 Å². The second-order valence-electron chi connectivity index (χ2n) is 7.45. The molecule has 4 aromatic rings. The van der Waals surface area contributed by atoms with Gasteiger partial charge in [0.05, 0.1) is 28.7 Å². The molecular weight excluding hydrogens is 412 g/mol. The molecule has 0 aliphatic heterocycles. The molecule has 0 radical (unpaired) electrons. The number of H-pyrrole nitrogens is 1. The van der Waals surface area contributed by atoms with Crippen LogP contribution in [0.5, 0.6) is 0 Å². The molecule has 0 fully saturated rings. The molecule has 7 heteroatoms. The highest BCUT2D eigenvalue weighted by molar-refractivity contribution is 7.98. The summed E-state index contributed by atoms with van der Waals surface area (Å²) in [6, 6.07) is 12.4. The number of aromatic amines is 1. The van der Waals surface area contributed by atoms with Crippen molar-refractivity contribution in [2.75, 3.05) is 20.6 Å². The second-order valence-corrected chi connectivity index (χ2v) is 9.43. The zero-order chi connectivity index (χ0) is 20.9. The number of para-hydroxylation sites is 1. The van der Waals surface area contributed by atoms with Gasteiger partial charge in [-0.25, -0.2) is 4.98 Å². The number of imidazole rings is 1. The molecule has 0 aliphatic rings. The molecule has 0 saturated carbocycles. The van der Waals surface area contributed by atoms with Gasteiger partial charge >= 0.3 is 0 Å². The Hall–Kier alpha value is -2.22. The van der Waals surface area contributed by atoms with Crippen LogP contribution in [0.25, 0.3) is 11.0 Å². The third-order valence-electron chi connectivity index (χ3n) is 4.96. The number of rotatable bonds is 9. The predicted molar refractivity (Wildman–Crippen MR) is 125 cm³/mol. The largest absolute Gasteiger partial charge is 0.468 e. The van der Waals surface area contributed by atoms with Crippen LogP contribution in [-0.2, 0) is 17.9 Å². The van der Waals surface area contributed by atoms with Crippen molar-refractivity contribution in [3.05, 3.63) is 71.4 Å². The van der Waals surface area contributed by atoms with Crippen LogP contribution < -0.4 is 0 Å². The Morgan fingerprint density at radius 3 is 2.77 bits per heavy atom. The molecule has 4 rings (SSSR count). The summed E-state index contributed by atoms with van der Waals surface area (Å²) < 4.78 is 5.44. The van der Waals surface area contributed by atoms with E-state index >= 15 is 0 Å². The summed E-state index contributed by atoms with van der Waals surface area (Å²) in [4.78, 5) is 16.4. The molecule has 0 bridgehead atoms. The predicted octanol–water partition coefficient (Wildman–Crippen LogP) is 5.55. The van der Waals surface area contributed by atoms with Crippen molar-refractivity contribution in [1.29, 1.82) is 0 Å². The van der Waals surface area contributed by atoms with Gasteiger partial charge in [-0.05, 0) is 62.8 Å². The van der Waals surface area contributed by atoms with Crippen molar-refractivity contribution < 1.29 is 4.42 Å². The van der Waals surface area contributed by atoms with E-state index in [0.29, 0.717) is 0 Å². The molecule has 156 valence electrons. The molecule has 1 aromatic carbocycles. The van der Waals surface area contributed by atoms with Crippen LogP contribution in [-0.4, -0.2) is 40.5 Å². The maximum atomic E-state index is 5.44. The Morgan fingerprint density at radius 2 is 1.97 bits per heavy atom. The highest BCUT2D eigenvalue weighted by atomic mass is 32.2. The van der Waals surface area contributed by atoms with Crippen molar-refractivity contribution in [3.8, 4) is 0 Å². The zero-order valence-corrected chi connectivity index (χ0v) is 19.1. The number of benzene rings is 1. The summed E-state index contributed by atoms with van der Waals surface area (Å²) >= 11 is 3.49. The molecule has 5 nitrogen and oxygen atoms in total. The van der Waals surface area contributed by atoms with Crippen LogP contribution in [0.4, 0.5) is 0 Å². The molecule has 3 aromatic heterocycles. The quantitative estimate of drug-likeness (QED) is 0.346. The lowest BCUT2D eigenvalue weighted by molar-refractivity contribution is 0.414. The van der Waals surface area contributed by atoms with Gasteiger partial charge in [-0.3, -0.25) is 4.98 Å². The third kappa shape index (κ3) is 5.09. The van der Waals surface area contributed by atoms with E-state index in [4.69, 9.17) is 9.40 Å². The Balaban J connectivity index is 1.45. The normalized spacial score (nSPS) is 11.6. The van der Waals surface area contributed by atoms with E-state index < -0.39 is 0 Å². The fourth-order valence-corrected chi connectivity index (χ4v) is 5.08. The van der Waals surface area contributed by atoms with Gasteiger partial charge in [0, 0.05) is 23.4 Å². The summed E-state index contributed by atoms with van der Waals surface area (Å²) in [5.74, 6) is 2.59. The average Bonchev–Trinajstić information content (AvgIpc) is 3.40. The van der Waals surface area contributed by atoms with Gasteiger partial charge in [0.15, 0.2) is 5.16 Å². The van der Waals surface area contributed by atoms with Crippen LogP contribution in [0.2, 0.25) is 0 Å². The fourth-order valence-electron chi connectivity index (χ4n) is 3.22. The Kier molecular flexibility index (Phi) is 6.82. The minimum atomic E-state index is 0.786. The molecule has 30 heavy (non-hydrogen) atoms. The van der Waals surface area contributed by atoms with E-state index in [9.17, 15) is 0 Å². The molecular formula is C23H26N4OS2. The Bertz CT molecular complexity index is 1110. The number of aromatic nitrogens is 3. The summed E-state index contributed by atoms with van der Waals surface area (Å²) in [5.41, 5.74) is 5.78. The lowest BCUT2D eigenvalue weighted by Crippen LogP contribution is -2.15. The first-order valence-corrected chi connectivity index (χ1v) is 11.9. The van der Waals surface area contributed by atoms with E-state index in [1.807, 2.05) is 18.3 Å². The number of furan rings is 1. The number of pyridine rings is 1. The van der Waals surface area contributed by atoms with E-state index in [2.05, 4.69) is 60.2 Å². The summed E-state index contributed by atoms with van der Waals surface area (Å²) in [6.07, 6.45) is 4.61. The average molecular weight is 439 g/mol. The van der Waals surface area contributed by atoms with Gasteiger partial charge in [0.1, 0.15) is 5.76 Å². The maximum Gasteiger partial charge on any atom is 0.166 e. The molecule has 0 atom stereocenters. The van der Waals surface area contributed by atoms with Gasteiger partial charge < -0.3 is 14.3 Å². The fraction of sp³-hybridized carbons (Fsp3) is 0.304. The van der Waals surface area contributed by atoms with Crippen molar-refractivity contribution in [2.45, 2.75) is 34.9 Å². The molecule has 3 heterocycles. The molecule has 0 saturated heterocycles. The molecule has 1 N–H and O–H groups in total. The summed E-state index contributed by atoms with van der Waals surface area (Å²) in [6.45, 7) is 3.16. The molecule has 0 aliphatic carbocycles. The maximum absolute atomic E-state index is 5.44. The Labute approximate surface area is 185 Å². The number of nitrogens with zero attached hydrogens (tertiary/aromatic N) is 3. The highest BCUT2D eigenvalue weighted by Crippen LogP contribution is 2.30. The standard InChI is InChI=1S/C23H26N4OS2/c1-16-20(24-11-9-21(16)29-14-18-7-5-13-28-18)15-30-23-25-19-8-4-6-17(22(19)26-23)10-12-27(2)3/h4-9,11,13H,10,12,14-15H2,1-3H3,(H,25,26). The zero-order valence-electron chi connectivity index (χ0n) is 17.5. The molecule has 0 unspecified atom stereocenters. The van der Waals surface area contributed by atoms with Crippen LogP contribution in [0.15, 0.2) is 63.3 Å². The van der Waals surface area contributed by atoms with E-state index in [-0.39, 0.29) is 0 Å². The minimum absolute atomic E-state index is 0.786. The topological polar surface area (TPSA) is 58.0 Å². The summed E-state index contributed by atoms with van der Waals surface area (Å²) in [5, 5.41) is 0.942. The van der Waals surface area contributed by atoms with Crippen molar-refractivity contribution in [3.63, 3.8) is 0 Å². The number of nitrogens with one attached hydrogen (secondary N) is 1. The van der Waals surface area contributed by atoms with E-state index in [0.717, 1.165) is 52.1 Å². The second kappa shape index (κ2) is 9.73. The summed E-state index contributed by atoms with van der Waals surface area (Å²) in [7, 11) is 4.20. The number of hydrogen-bond donors (Lipinski definition) is 1. The van der Waals surface area contributed by atoms with Crippen LogP contribution >= 0.6 is 23.5 Å². The van der Waals surface area contributed by atoms with Crippen LogP contribution in [0.3, 0.4) is 0 Å². The number of likely N-dealkylation sites (N-methyl/N-ethyl adjacent to an activating group) is 1. The van der Waals surface area contributed by atoms with Gasteiger partial charge in [-0.1, -0.05) is 23.9 Å². The minimum Gasteiger partial charge on any atom is -0.468 e.